The van der Waals surface area contributed by atoms with E-state index in [0.29, 0.717) is 0 Å². The standard InChI is InChI=1S/C20H25F3O3/c21-20(22,23)16-10-9-14(18(24)25)13-17(16)26-19(11-5-2-6-12-19)15-7-3-1-4-8-15/h9-10,13,15H,1-8,11-12H2,(H,24,25). The molecule has 0 spiro atoms. The van der Waals surface area contributed by atoms with Crippen molar-refractivity contribution in [2.45, 2.75) is 76.0 Å². The van der Waals surface area contributed by atoms with Crippen LogP contribution in [0, 0.1) is 5.92 Å². The van der Waals surface area contributed by atoms with Gasteiger partial charge >= 0.3 is 12.1 Å². The maximum absolute atomic E-state index is 13.5. The number of ether oxygens (including phenoxy) is 1. The Kier molecular flexibility index (Phi) is 5.49. The number of carboxylic acids is 1. The van der Waals surface area contributed by atoms with Crippen molar-refractivity contribution in [2.24, 2.45) is 5.92 Å². The molecule has 0 unspecified atom stereocenters. The quantitative estimate of drug-likeness (QED) is 0.700. The van der Waals surface area contributed by atoms with Crippen molar-refractivity contribution in [2.75, 3.05) is 0 Å². The van der Waals surface area contributed by atoms with Crippen molar-refractivity contribution < 1.29 is 27.8 Å². The van der Waals surface area contributed by atoms with Crippen LogP contribution in [0.5, 0.6) is 5.75 Å². The maximum atomic E-state index is 13.5. The van der Waals surface area contributed by atoms with Crippen LogP contribution in [0.4, 0.5) is 13.2 Å². The van der Waals surface area contributed by atoms with Gasteiger partial charge in [0.25, 0.3) is 0 Å². The smallest absolute Gasteiger partial charge is 0.419 e. The average Bonchev–Trinajstić information content (AvgIpc) is 2.62. The van der Waals surface area contributed by atoms with Gasteiger partial charge in [-0.3, -0.25) is 0 Å². The van der Waals surface area contributed by atoms with Gasteiger partial charge in [0.05, 0.1) is 11.1 Å². The van der Waals surface area contributed by atoms with E-state index < -0.39 is 23.3 Å². The Bertz CT molecular complexity index is 642. The average molecular weight is 370 g/mol. The van der Waals surface area contributed by atoms with E-state index in [-0.39, 0.29) is 17.2 Å². The highest BCUT2D eigenvalue weighted by atomic mass is 19.4. The highest BCUT2D eigenvalue weighted by molar-refractivity contribution is 5.88. The van der Waals surface area contributed by atoms with Gasteiger partial charge in [-0.25, -0.2) is 4.79 Å². The van der Waals surface area contributed by atoms with Crippen molar-refractivity contribution in [3.05, 3.63) is 29.3 Å². The molecule has 2 fully saturated rings. The predicted octanol–water partition coefficient (Wildman–Crippen LogP) is 6.07. The molecule has 0 saturated heterocycles. The van der Waals surface area contributed by atoms with Crippen molar-refractivity contribution in [1.82, 2.24) is 0 Å². The molecule has 2 saturated carbocycles. The fourth-order valence-electron chi connectivity index (χ4n) is 4.57. The lowest BCUT2D eigenvalue weighted by molar-refractivity contribution is -0.141. The molecule has 1 N–H and O–H groups in total. The third kappa shape index (κ3) is 3.99. The number of rotatable bonds is 4. The number of carboxylic acid groups (broad SMARTS) is 1. The van der Waals surface area contributed by atoms with Crippen LogP contribution >= 0.6 is 0 Å². The fourth-order valence-corrected chi connectivity index (χ4v) is 4.57. The minimum Gasteiger partial charge on any atom is -0.486 e. The van der Waals surface area contributed by atoms with E-state index in [2.05, 4.69) is 0 Å². The van der Waals surface area contributed by atoms with E-state index in [0.717, 1.165) is 82.4 Å². The molecule has 1 aromatic rings. The summed E-state index contributed by atoms with van der Waals surface area (Å²) < 4.78 is 46.6. The lowest BCUT2D eigenvalue weighted by Crippen LogP contribution is -2.46. The van der Waals surface area contributed by atoms with Gasteiger partial charge in [-0.15, -0.1) is 0 Å². The zero-order valence-electron chi connectivity index (χ0n) is 14.8. The third-order valence-electron chi connectivity index (χ3n) is 5.90. The van der Waals surface area contributed by atoms with Crippen LogP contribution in [0.15, 0.2) is 18.2 Å². The number of hydrogen-bond acceptors (Lipinski definition) is 2. The van der Waals surface area contributed by atoms with Crippen LogP contribution in [0.25, 0.3) is 0 Å². The second-order valence-electron chi connectivity index (χ2n) is 7.58. The molecule has 3 rings (SSSR count). The molecule has 0 amide bonds. The Hall–Kier alpha value is -1.72. The van der Waals surface area contributed by atoms with E-state index >= 15 is 0 Å². The van der Waals surface area contributed by atoms with Crippen LogP contribution < -0.4 is 4.74 Å². The van der Waals surface area contributed by atoms with Crippen LogP contribution in [-0.2, 0) is 6.18 Å². The summed E-state index contributed by atoms with van der Waals surface area (Å²) in [5.74, 6) is -1.34. The topological polar surface area (TPSA) is 46.5 Å². The molecule has 144 valence electrons. The molecule has 26 heavy (non-hydrogen) atoms. The van der Waals surface area contributed by atoms with Gasteiger partial charge in [-0.2, -0.15) is 13.2 Å². The van der Waals surface area contributed by atoms with Gasteiger partial charge in [-0.1, -0.05) is 25.7 Å². The number of alkyl halides is 3. The summed E-state index contributed by atoms with van der Waals surface area (Å²) in [6, 6.07) is 2.87. The fraction of sp³-hybridized carbons (Fsp3) is 0.650. The Morgan fingerprint density at radius 1 is 1.04 bits per heavy atom. The normalized spacial score (nSPS) is 21.3. The van der Waals surface area contributed by atoms with Crippen molar-refractivity contribution in [1.29, 1.82) is 0 Å². The summed E-state index contributed by atoms with van der Waals surface area (Å²) in [5, 5.41) is 9.18. The number of halogens is 3. The molecule has 3 nitrogen and oxygen atoms in total. The highest BCUT2D eigenvalue weighted by Gasteiger charge is 2.44. The van der Waals surface area contributed by atoms with Gasteiger partial charge in [0, 0.05) is 0 Å². The number of aromatic carboxylic acids is 1. The van der Waals surface area contributed by atoms with Crippen LogP contribution in [-0.4, -0.2) is 16.7 Å². The number of benzene rings is 1. The molecule has 0 aromatic heterocycles. The molecule has 0 atom stereocenters. The van der Waals surface area contributed by atoms with E-state index in [9.17, 15) is 23.1 Å². The first-order chi connectivity index (χ1) is 12.3. The SMILES string of the molecule is O=C(O)c1ccc(C(F)(F)F)c(OC2(C3CCCCC3)CCCCC2)c1. The Morgan fingerprint density at radius 2 is 1.65 bits per heavy atom. The summed E-state index contributed by atoms with van der Waals surface area (Å²) in [6.45, 7) is 0. The van der Waals surface area contributed by atoms with Gasteiger partial charge in [0.1, 0.15) is 11.4 Å². The summed E-state index contributed by atoms with van der Waals surface area (Å²) in [4.78, 5) is 11.3. The second-order valence-corrected chi connectivity index (χ2v) is 7.58. The molecule has 6 heteroatoms. The summed E-state index contributed by atoms with van der Waals surface area (Å²) in [6.07, 6.45) is 5.13. The van der Waals surface area contributed by atoms with Crippen molar-refractivity contribution in [3.63, 3.8) is 0 Å². The number of hydrogen-bond donors (Lipinski definition) is 1. The first-order valence-corrected chi connectivity index (χ1v) is 9.45. The molecule has 0 aliphatic heterocycles. The molecule has 0 bridgehead atoms. The minimum absolute atomic E-state index is 0.178. The highest BCUT2D eigenvalue weighted by Crippen LogP contribution is 2.47. The first kappa shape index (κ1) is 19.1. The largest absolute Gasteiger partial charge is 0.486 e. The lowest BCUT2D eigenvalue weighted by atomic mass is 9.69. The lowest BCUT2D eigenvalue weighted by Gasteiger charge is -2.45. The molecular formula is C20H25F3O3. The van der Waals surface area contributed by atoms with Crippen LogP contribution in [0.3, 0.4) is 0 Å². The van der Waals surface area contributed by atoms with E-state index in [1.807, 2.05) is 0 Å². The molecule has 2 aliphatic rings. The van der Waals surface area contributed by atoms with E-state index in [1.165, 1.54) is 0 Å². The minimum atomic E-state index is -4.57. The van der Waals surface area contributed by atoms with Gasteiger partial charge < -0.3 is 9.84 Å². The summed E-state index contributed by atoms with van der Waals surface area (Å²) >= 11 is 0. The van der Waals surface area contributed by atoms with E-state index in [4.69, 9.17) is 4.74 Å². The Morgan fingerprint density at radius 3 is 2.23 bits per heavy atom. The van der Waals surface area contributed by atoms with Gasteiger partial charge in [-0.05, 0) is 62.6 Å². The van der Waals surface area contributed by atoms with Crippen molar-refractivity contribution >= 4 is 5.97 Å². The molecule has 1 aromatic carbocycles. The van der Waals surface area contributed by atoms with Gasteiger partial charge in [0.15, 0.2) is 0 Å². The third-order valence-corrected chi connectivity index (χ3v) is 5.90. The predicted molar refractivity (Wildman–Crippen MR) is 91.4 cm³/mol. The van der Waals surface area contributed by atoms with Crippen LogP contribution in [0.1, 0.15) is 80.1 Å². The molecule has 2 aliphatic carbocycles. The second kappa shape index (κ2) is 7.49. The first-order valence-electron chi connectivity index (χ1n) is 9.45. The van der Waals surface area contributed by atoms with Crippen LogP contribution in [0.2, 0.25) is 0 Å². The van der Waals surface area contributed by atoms with Gasteiger partial charge in [0.2, 0.25) is 0 Å². The molecule has 0 radical (unpaired) electrons. The monoisotopic (exact) mass is 370 g/mol. The molecule has 0 heterocycles. The molecular weight excluding hydrogens is 345 g/mol. The Labute approximate surface area is 151 Å². The maximum Gasteiger partial charge on any atom is 0.419 e. The number of carbonyl (C=O) groups is 1. The zero-order valence-corrected chi connectivity index (χ0v) is 14.8. The van der Waals surface area contributed by atoms with Crippen molar-refractivity contribution in [3.8, 4) is 5.75 Å². The zero-order chi connectivity index (χ0) is 18.8. The Balaban J connectivity index is 1.99. The summed E-state index contributed by atoms with van der Waals surface area (Å²) in [5.41, 5.74) is -1.67. The summed E-state index contributed by atoms with van der Waals surface area (Å²) in [7, 11) is 0. The van der Waals surface area contributed by atoms with E-state index in [1.54, 1.807) is 0 Å².